The highest BCUT2D eigenvalue weighted by molar-refractivity contribution is 5.73. The molecule has 3 heterocycles. The van der Waals surface area contributed by atoms with Crippen LogP contribution in [0.15, 0.2) is 12.3 Å². The number of aliphatic carboxylic acids is 2. The number of aromatic nitrogens is 2. The van der Waals surface area contributed by atoms with E-state index in [1.807, 2.05) is 12.3 Å². The van der Waals surface area contributed by atoms with E-state index in [9.17, 15) is 26.3 Å². The number of carboxylic acid groups (broad SMARTS) is 2. The van der Waals surface area contributed by atoms with Crippen LogP contribution in [0.1, 0.15) is 37.5 Å². The molecule has 10 nitrogen and oxygen atoms in total. The second-order valence-corrected chi connectivity index (χ2v) is 8.47. The lowest BCUT2D eigenvalue weighted by atomic mass is 10.1. The van der Waals surface area contributed by atoms with Crippen LogP contribution in [0, 0.1) is 5.92 Å². The number of rotatable bonds is 5. The Bertz CT molecular complexity index is 854. The first kappa shape index (κ1) is 30.5. The maximum Gasteiger partial charge on any atom is 0.490 e. The molecule has 1 unspecified atom stereocenters. The number of nitrogens with one attached hydrogen (secondary N) is 1. The van der Waals surface area contributed by atoms with E-state index < -0.39 is 24.3 Å². The minimum atomic E-state index is -5.08. The van der Waals surface area contributed by atoms with Crippen LogP contribution in [-0.4, -0.2) is 94.9 Å². The van der Waals surface area contributed by atoms with E-state index in [-0.39, 0.29) is 6.04 Å². The van der Waals surface area contributed by atoms with Gasteiger partial charge in [0.2, 0.25) is 0 Å². The van der Waals surface area contributed by atoms with Crippen molar-refractivity contribution in [1.29, 1.82) is 0 Å². The van der Waals surface area contributed by atoms with Crippen molar-refractivity contribution in [1.82, 2.24) is 14.9 Å². The zero-order valence-corrected chi connectivity index (χ0v) is 19.6. The van der Waals surface area contributed by atoms with E-state index in [1.165, 1.54) is 12.8 Å². The second kappa shape index (κ2) is 13.7. The number of morpholine rings is 1. The van der Waals surface area contributed by atoms with E-state index >= 15 is 0 Å². The molecule has 0 bridgehead atoms. The van der Waals surface area contributed by atoms with Gasteiger partial charge in [0, 0.05) is 38.5 Å². The number of anilines is 1. The molecule has 3 N–H and O–H groups in total. The van der Waals surface area contributed by atoms with E-state index in [0.717, 1.165) is 63.3 Å². The van der Waals surface area contributed by atoms with Gasteiger partial charge in [-0.25, -0.2) is 19.6 Å². The molecule has 1 atom stereocenters. The molecule has 1 aromatic heterocycles. The first-order valence-corrected chi connectivity index (χ1v) is 11.4. The summed E-state index contributed by atoms with van der Waals surface area (Å²) < 4.78 is 74.6. The van der Waals surface area contributed by atoms with Gasteiger partial charge in [0.15, 0.2) is 0 Å². The van der Waals surface area contributed by atoms with Crippen molar-refractivity contribution < 1.29 is 55.6 Å². The molecule has 3 fully saturated rings. The highest BCUT2D eigenvalue weighted by atomic mass is 19.4. The van der Waals surface area contributed by atoms with Gasteiger partial charge in [-0.1, -0.05) is 0 Å². The van der Waals surface area contributed by atoms with Gasteiger partial charge in [0.05, 0.1) is 19.3 Å². The van der Waals surface area contributed by atoms with Crippen LogP contribution in [-0.2, 0) is 19.1 Å². The van der Waals surface area contributed by atoms with Crippen molar-refractivity contribution in [2.45, 2.75) is 50.1 Å². The lowest BCUT2D eigenvalue weighted by Gasteiger charge is -2.34. The largest absolute Gasteiger partial charge is 0.490 e. The molecule has 37 heavy (non-hydrogen) atoms. The molecule has 16 heteroatoms. The van der Waals surface area contributed by atoms with Crippen LogP contribution in [0.25, 0.3) is 0 Å². The average molecular weight is 546 g/mol. The number of alkyl halides is 6. The van der Waals surface area contributed by atoms with Gasteiger partial charge in [-0.2, -0.15) is 26.3 Å². The normalized spacial score (nSPS) is 21.1. The summed E-state index contributed by atoms with van der Waals surface area (Å²) >= 11 is 0. The topological polar surface area (TPSA) is 134 Å². The molecule has 3 aliphatic rings. The van der Waals surface area contributed by atoms with Crippen LogP contribution in [0.2, 0.25) is 0 Å². The van der Waals surface area contributed by atoms with Crippen molar-refractivity contribution in [3.8, 4) is 0 Å². The first-order valence-electron chi connectivity index (χ1n) is 11.4. The van der Waals surface area contributed by atoms with Gasteiger partial charge >= 0.3 is 24.3 Å². The third-order valence-corrected chi connectivity index (χ3v) is 5.46. The Hall–Kier alpha value is -2.72. The lowest BCUT2D eigenvalue weighted by Crippen LogP contribution is -2.41. The molecule has 2 aliphatic heterocycles. The molecule has 1 saturated carbocycles. The van der Waals surface area contributed by atoms with Gasteiger partial charge < -0.3 is 25.0 Å². The minimum Gasteiger partial charge on any atom is -0.475 e. The summed E-state index contributed by atoms with van der Waals surface area (Å²) in [6, 6.07) is 2.62. The highest BCUT2D eigenvalue weighted by Crippen LogP contribution is 2.33. The average Bonchev–Trinajstić information content (AvgIpc) is 3.64. The van der Waals surface area contributed by atoms with Crippen molar-refractivity contribution in [2.24, 2.45) is 5.92 Å². The SMILES string of the molecule is O=C(O)C(F)(F)F.O=C(O)C(F)(F)F.c1cc(NC2CCOCC2)nc(C2COCCN2CC2CC2)n1. The molecule has 0 radical (unpaired) electrons. The van der Waals surface area contributed by atoms with Gasteiger partial charge in [0.1, 0.15) is 11.6 Å². The summed E-state index contributed by atoms with van der Waals surface area (Å²) in [4.78, 5) is 29.6. The molecule has 210 valence electrons. The molecule has 1 aromatic rings. The van der Waals surface area contributed by atoms with Crippen molar-refractivity contribution in [3.63, 3.8) is 0 Å². The lowest BCUT2D eigenvalue weighted by molar-refractivity contribution is -0.193. The second-order valence-electron chi connectivity index (χ2n) is 8.47. The molecular formula is C21H28F6N4O6. The third-order valence-electron chi connectivity index (χ3n) is 5.46. The molecule has 0 aromatic carbocycles. The number of halogens is 6. The summed E-state index contributed by atoms with van der Waals surface area (Å²) in [6.07, 6.45) is -3.47. The Morgan fingerprint density at radius 3 is 2.05 bits per heavy atom. The van der Waals surface area contributed by atoms with Crippen LogP contribution < -0.4 is 5.32 Å². The van der Waals surface area contributed by atoms with Crippen LogP contribution in [0.3, 0.4) is 0 Å². The number of hydrogen-bond acceptors (Lipinski definition) is 8. The smallest absolute Gasteiger partial charge is 0.475 e. The molecule has 1 aliphatic carbocycles. The van der Waals surface area contributed by atoms with Gasteiger partial charge in [0.25, 0.3) is 0 Å². The number of ether oxygens (including phenoxy) is 2. The number of hydrogen-bond donors (Lipinski definition) is 3. The molecule has 4 rings (SSSR count). The summed E-state index contributed by atoms with van der Waals surface area (Å²) in [5.74, 6) is -2.82. The zero-order chi connectivity index (χ0) is 27.6. The Labute approximate surface area is 208 Å². The van der Waals surface area contributed by atoms with Crippen molar-refractivity contribution >= 4 is 17.8 Å². The molecule has 0 spiro atoms. The summed E-state index contributed by atoms with van der Waals surface area (Å²) in [5, 5.41) is 17.8. The van der Waals surface area contributed by atoms with Crippen molar-refractivity contribution in [2.75, 3.05) is 44.8 Å². The zero-order valence-electron chi connectivity index (χ0n) is 19.6. The minimum absolute atomic E-state index is 0.195. The fraction of sp³-hybridized carbons (Fsp3) is 0.714. The van der Waals surface area contributed by atoms with Crippen LogP contribution in [0.5, 0.6) is 0 Å². The third kappa shape index (κ3) is 11.5. The summed E-state index contributed by atoms with van der Waals surface area (Å²) in [5.41, 5.74) is 0. The van der Waals surface area contributed by atoms with Gasteiger partial charge in [-0.05, 0) is 37.7 Å². The highest BCUT2D eigenvalue weighted by Gasteiger charge is 2.39. The Morgan fingerprint density at radius 2 is 1.54 bits per heavy atom. The monoisotopic (exact) mass is 546 g/mol. The maximum atomic E-state index is 10.6. The molecule has 0 amide bonds. The molecule has 2 saturated heterocycles. The maximum absolute atomic E-state index is 10.6. The number of nitrogens with zero attached hydrogens (tertiary/aromatic N) is 3. The fourth-order valence-electron chi connectivity index (χ4n) is 3.39. The van der Waals surface area contributed by atoms with Crippen LogP contribution >= 0.6 is 0 Å². The van der Waals surface area contributed by atoms with E-state index in [0.29, 0.717) is 12.6 Å². The Morgan fingerprint density at radius 1 is 0.973 bits per heavy atom. The standard InChI is InChI=1S/C17H26N4O2.2C2HF3O2/c1-2-13(1)11-21-7-10-23-12-15(21)17-18-6-3-16(20-17)19-14-4-8-22-9-5-14;2*3-2(4,5)1(6)7/h3,6,13-15H,1-2,4-5,7-12H2,(H,18,19,20);2*(H,6,7). The number of carboxylic acids is 2. The van der Waals surface area contributed by atoms with E-state index in [2.05, 4.69) is 15.2 Å². The van der Waals surface area contributed by atoms with E-state index in [4.69, 9.17) is 34.3 Å². The van der Waals surface area contributed by atoms with Gasteiger partial charge in [-0.15, -0.1) is 0 Å². The predicted molar refractivity (Wildman–Crippen MR) is 115 cm³/mol. The summed E-state index contributed by atoms with van der Waals surface area (Å²) in [7, 11) is 0. The fourth-order valence-corrected chi connectivity index (χ4v) is 3.39. The van der Waals surface area contributed by atoms with Gasteiger partial charge in [-0.3, -0.25) is 4.90 Å². The summed E-state index contributed by atoms with van der Waals surface area (Å²) in [6.45, 7) is 5.34. The van der Waals surface area contributed by atoms with E-state index in [1.54, 1.807) is 0 Å². The predicted octanol–water partition coefficient (Wildman–Crippen LogP) is 3.12. The number of carbonyl (C=O) groups is 2. The Balaban J connectivity index is 0.000000286. The first-order chi connectivity index (χ1) is 17.3. The Kier molecular flexibility index (Phi) is 11.3. The quantitative estimate of drug-likeness (QED) is 0.473. The van der Waals surface area contributed by atoms with Crippen molar-refractivity contribution in [3.05, 3.63) is 18.1 Å². The molecular weight excluding hydrogens is 518 g/mol. The van der Waals surface area contributed by atoms with Crippen LogP contribution in [0.4, 0.5) is 32.2 Å².